The second-order valence-electron chi connectivity index (χ2n) is 9.89. The number of piperidine rings is 1. The topological polar surface area (TPSA) is 129 Å². The normalized spacial score (nSPS) is 16.8. The molecule has 0 saturated carbocycles. The summed E-state index contributed by atoms with van der Waals surface area (Å²) < 4.78 is 11.4. The molecule has 0 bridgehead atoms. The molecule has 36 heavy (non-hydrogen) atoms. The third-order valence-electron chi connectivity index (χ3n) is 5.86. The molecule has 0 aliphatic carbocycles. The molecule has 0 spiro atoms. The second kappa shape index (κ2) is 10.8. The van der Waals surface area contributed by atoms with Crippen LogP contribution in [-0.2, 0) is 4.74 Å². The number of nitrogens with zero attached hydrogens (tertiary/aromatic N) is 3. The zero-order chi connectivity index (χ0) is 25.7. The number of nitrogens with two attached hydrogens (primary N) is 2. The molecule has 1 aliphatic rings. The van der Waals surface area contributed by atoms with Crippen molar-refractivity contribution in [1.82, 2.24) is 14.9 Å². The number of carbonyl (C=O) groups is 1. The number of anilines is 2. The minimum atomic E-state index is -0.551. The molecule has 4 rings (SSSR count). The van der Waals surface area contributed by atoms with Crippen LogP contribution in [0.2, 0.25) is 0 Å². The van der Waals surface area contributed by atoms with Crippen LogP contribution < -0.4 is 21.5 Å². The number of benzene rings is 2. The van der Waals surface area contributed by atoms with Crippen molar-refractivity contribution in [2.75, 3.05) is 24.1 Å². The van der Waals surface area contributed by atoms with E-state index in [9.17, 15) is 4.79 Å². The van der Waals surface area contributed by atoms with Gasteiger partial charge in [0.05, 0.1) is 11.6 Å². The highest BCUT2D eigenvalue weighted by molar-refractivity contribution is 5.68. The maximum Gasteiger partial charge on any atom is 0.410 e. The lowest BCUT2D eigenvalue weighted by molar-refractivity contribution is 0.0206. The molecule has 9 nitrogen and oxygen atoms in total. The van der Waals surface area contributed by atoms with Gasteiger partial charge in [-0.05, 0) is 63.4 Å². The fraction of sp³-hybridized carbons (Fsp3) is 0.370. The monoisotopic (exact) mass is 490 g/mol. The molecular weight excluding hydrogens is 456 g/mol. The smallest absolute Gasteiger partial charge is 0.410 e. The molecule has 1 aromatic heterocycles. The second-order valence-corrected chi connectivity index (χ2v) is 9.89. The van der Waals surface area contributed by atoms with Crippen LogP contribution in [0, 0.1) is 0 Å². The minimum Gasteiger partial charge on any atom is -0.457 e. The number of para-hydroxylation sites is 1. The van der Waals surface area contributed by atoms with Gasteiger partial charge in [0.15, 0.2) is 0 Å². The summed E-state index contributed by atoms with van der Waals surface area (Å²) in [6.07, 6.45) is 2.83. The molecule has 1 aliphatic heterocycles. The van der Waals surface area contributed by atoms with Crippen LogP contribution in [0.5, 0.6) is 11.5 Å². The average molecular weight is 491 g/mol. The molecule has 2 aromatic carbocycles. The van der Waals surface area contributed by atoms with Crippen molar-refractivity contribution in [2.24, 2.45) is 5.73 Å². The van der Waals surface area contributed by atoms with Crippen LogP contribution >= 0.6 is 0 Å². The highest BCUT2D eigenvalue weighted by Crippen LogP contribution is 2.31. The zero-order valence-corrected chi connectivity index (χ0v) is 21.0. The van der Waals surface area contributed by atoms with Gasteiger partial charge in [-0.25, -0.2) is 14.8 Å². The number of nitrogen functional groups attached to an aromatic ring is 1. The molecule has 9 heteroatoms. The van der Waals surface area contributed by atoms with Crippen molar-refractivity contribution in [3.8, 4) is 11.5 Å². The van der Waals surface area contributed by atoms with E-state index in [0.717, 1.165) is 24.2 Å². The molecule has 1 amide bonds. The van der Waals surface area contributed by atoms with E-state index in [1.54, 1.807) is 4.90 Å². The summed E-state index contributed by atoms with van der Waals surface area (Å²) in [5, 5.41) is 3.45. The Bertz CT molecular complexity index is 1160. The summed E-state index contributed by atoms with van der Waals surface area (Å²) in [7, 11) is 0. The Labute approximate surface area is 211 Å². The van der Waals surface area contributed by atoms with E-state index in [-0.39, 0.29) is 12.1 Å². The van der Waals surface area contributed by atoms with Crippen molar-refractivity contribution in [3.05, 3.63) is 72.1 Å². The summed E-state index contributed by atoms with van der Waals surface area (Å²) in [6, 6.07) is 16.6. The molecule has 190 valence electrons. The Balaban J connectivity index is 1.48. The van der Waals surface area contributed by atoms with Crippen molar-refractivity contribution >= 4 is 17.7 Å². The van der Waals surface area contributed by atoms with Gasteiger partial charge >= 0.3 is 6.09 Å². The summed E-state index contributed by atoms with van der Waals surface area (Å²) in [5.41, 5.74) is 13.8. The van der Waals surface area contributed by atoms with E-state index in [1.165, 1.54) is 6.33 Å². The van der Waals surface area contributed by atoms with Gasteiger partial charge in [-0.15, -0.1) is 0 Å². The van der Waals surface area contributed by atoms with Crippen LogP contribution in [0.4, 0.5) is 16.4 Å². The maximum atomic E-state index is 12.6. The van der Waals surface area contributed by atoms with Gasteiger partial charge in [0.1, 0.15) is 35.1 Å². The number of carbonyl (C=O) groups excluding carboxylic acids is 1. The molecular formula is C27H34N6O3. The van der Waals surface area contributed by atoms with Gasteiger partial charge in [-0.3, -0.25) is 0 Å². The molecule has 2 heterocycles. The third-order valence-corrected chi connectivity index (χ3v) is 5.86. The number of rotatable bonds is 6. The van der Waals surface area contributed by atoms with Crippen LogP contribution in [0.1, 0.15) is 50.8 Å². The largest absolute Gasteiger partial charge is 0.457 e. The average Bonchev–Trinajstić information content (AvgIpc) is 2.84. The van der Waals surface area contributed by atoms with Crippen LogP contribution in [-0.4, -0.2) is 45.7 Å². The number of aromatic nitrogens is 2. The molecule has 0 radical (unpaired) electrons. The summed E-state index contributed by atoms with van der Waals surface area (Å²) in [6.45, 7) is 6.74. The standard InChI is InChI=1S/C27H34N6O3/c1-27(2,3)36-26(34)33-15-7-8-19(16-33)32-25-22(24(29)30-17-31-25)23(28)18-11-13-21(14-12-18)35-20-9-5-4-6-10-20/h4-6,9-14,17,19,23H,7-8,15-16,28H2,1-3H3,(H3,29,30,31,32). The van der Waals surface area contributed by atoms with Crippen molar-refractivity contribution in [3.63, 3.8) is 0 Å². The van der Waals surface area contributed by atoms with Gasteiger partial charge in [-0.2, -0.15) is 0 Å². The van der Waals surface area contributed by atoms with Gasteiger partial charge in [0.2, 0.25) is 0 Å². The molecule has 2 unspecified atom stereocenters. The number of ether oxygens (including phenoxy) is 2. The fourth-order valence-corrected chi connectivity index (χ4v) is 4.15. The molecule has 1 fully saturated rings. The first-order chi connectivity index (χ1) is 17.2. The highest BCUT2D eigenvalue weighted by atomic mass is 16.6. The van der Waals surface area contributed by atoms with Crippen molar-refractivity contribution in [2.45, 2.75) is 51.3 Å². The molecule has 3 aromatic rings. The molecule has 2 atom stereocenters. The predicted molar refractivity (Wildman–Crippen MR) is 140 cm³/mol. The number of hydrogen-bond donors (Lipinski definition) is 3. The Morgan fingerprint density at radius 1 is 1.08 bits per heavy atom. The third kappa shape index (κ3) is 6.42. The predicted octanol–water partition coefficient (Wildman–Crippen LogP) is 4.71. The van der Waals surface area contributed by atoms with E-state index in [0.29, 0.717) is 36.0 Å². The Morgan fingerprint density at radius 3 is 2.47 bits per heavy atom. The van der Waals surface area contributed by atoms with Crippen molar-refractivity contribution in [1.29, 1.82) is 0 Å². The lowest BCUT2D eigenvalue weighted by Crippen LogP contribution is -2.47. The van der Waals surface area contributed by atoms with Crippen LogP contribution in [0.3, 0.4) is 0 Å². The highest BCUT2D eigenvalue weighted by Gasteiger charge is 2.29. The molecule has 1 saturated heterocycles. The van der Waals surface area contributed by atoms with E-state index in [4.69, 9.17) is 20.9 Å². The van der Waals surface area contributed by atoms with Gasteiger partial charge in [-0.1, -0.05) is 30.3 Å². The van der Waals surface area contributed by atoms with Gasteiger partial charge in [0.25, 0.3) is 0 Å². The molecule has 5 N–H and O–H groups in total. The Kier molecular flexibility index (Phi) is 7.59. The summed E-state index contributed by atoms with van der Waals surface area (Å²) in [4.78, 5) is 22.9. The first-order valence-electron chi connectivity index (χ1n) is 12.1. The van der Waals surface area contributed by atoms with E-state index in [1.807, 2.05) is 75.4 Å². The maximum absolute atomic E-state index is 12.6. The van der Waals surface area contributed by atoms with Crippen LogP contribution in [0.25, 0.3) is 0 Å². The Hall–Kier alpha value is -3.85. The zero-order valence-electron chi connectivity index (χ0n) is 21.0. The lowest BCUT2D eigenvalue weighted by Gasteiger charge is -2.35. The SMILES string of the molecule is CC(C)(C)OC(=O)N1CCCC(Nc2ncnc(N)c2C(N)c2ccc(Oc3ccccc3)cc2)C1. The van der Waals surface area contributed by atoms with E-state index < -0.39 is 11.6 Å². The minimum absolute atomic E-state index is 0.0202. The van der Waals surface area contributed by atoms with Crippen LogP contribution in [0.15, 0.2) is 60.9 Å². The first-order valence-corrected chi connectivity index (χ1v) is 12.1. The summed E-state index contributed by atoms with van der Waals surface area (Å²) >= 11 is 0. The number of amides is 1. The van der Waals surface area contributed by atoms with Gasteiger partial charge in [0, 0.05) is 19.1 Å². The van der Waals surface area contributed by atoms with E-state index in [2.05, 4.69) is 15.3 Å². The fourth-order valence-electron chi connectivity index (χ4n) is 4.15. The number of likely N-dealkylation sites (tertiary alicyclic amines) is 1. The van der Waals surface area contributed by atoms with E-state index >= 15 is 0 Å². The number of nitrogens with one attached hydrogen (secondary N) is 1. The lowest BCUT2D eigenvalue weighted by atomic mass is 9.99. The van der Waals surface area contributed by atoms with Gasteiger partial charge < -0.3 is 31.2 Å². The first kappa shape index (κ1) is 25.2. The number of hydrogen-bond acceptors (Lipinski definition) is 8. The quantitative estimate of drug-likeness (QED) is 0.453. The Morgan fingerprint density at radius 2 is 1.78 bits per heavy atom. The van der Waals surface area contributed by atoms with Crippen molar-refractivity contribution < 1.29 is 14.3 Å². The summed E-state index contributed by atoms with van der Waals surface area (Å²) in [5.74, 6) is 2.34.